The summed E-state index contributed by atoms with van der Waals surface area (Å²) in [6.45, 7) is 3.47. The number of benzene rings is 2. The summed E-state index contributed by atoms with van der Waals surface area (Å²) in [5.74, 6) is -3.11. The zero-order valence-electron chi connectivity index (χ0n) is 20.9. The molecule has 0 saturated heterocycles. The van der Waals surface area contributed by atoms with Crippen molar-refractivity contribution in [3.05, 3.63) is 64.1 Å². The van der Waals surface area contributed by atoms with Crippen molar-refractivity contribution < 1.29 is 29.4 Å². The maximum atomic E-state index is 13.3. The Morgan fingerprint density at radius 1 is 0.946 bits per heavy atom. The first-order valence-electron chi connectivity index (χ1n) is 11.7. The van der Waals surface area contributed by atoms with Crippen molar-refractivity contribution in [2.24, 2.45) is 5.92 Å². The van der Waals surface area contributed by atoms with E-state index >= 15 is 0 Å². The molecule has 0 aliphatic carbocycles. The maximum Gasteiger partial charge on any atom is 0.326 e. The van der Waals surface area contributed by atoms with Gasteiger partial charge in [0.1, 0.15) is 23.9 Å². The van der Waals surface area contributed by atoms with Crippen LogP contribution >= 0.6 is 27.7 Å². The molecule has 0 radical (unpaired) electrons. The van der Waals surface area contributed by atoms with Crippen molar-refractivity contribution in [3.8, 4) is 5.75 Å². The van der Waals surface area contributed by atoms with Gasteiger partial charge in [0, 0.05) is 10.9 Å². The van der Waals surface area contributed by atoms with E-state index < -0.39 is 41.8 Å². The molecule has 0 saturated carbocycles. The second-order valence-electron chi connectivity index (χ2n) is 8.79. The highest BCUT2D eigenvalue weighted by atomic mass is 79.9. The van der Waals surface area contributed by atoms with Crippen molar-refractivity contribution in [2.75, 3.05) is 12.0 Å². The SMILES string of the molecule is CSCC[C@H](NC(=O)[C@H](Cc1ccccc1)NC(=O)[C@@H](NC(=O)c1cc(Br)ccc1O)C(C)C)C(=O)O. The average Bonchev–Trinajstić information content (AvgIpc) is 2.85. The molecule has 0 aliphatic heterocycles. The molecule has 0 fully saturated rings. The summed E-state index contributed by atoms with van der Waals surface area (Å²) in [5.41, 5.74) is 0.757. The van der Waals surface area contributed by atoms with Gasteiger partial charge in [-0.3, -0.25) is 14.4 Å². The molecule has 0 aromatic heterocycles. The lowest BCUT2D eigenvalue weighted by atomic mass is 10.00. The Balaban J connectivity index is 2.25. The number of amides is 3. The molecule has 2 aromatic carbocycles. The van der Waals surface area contributed by atoms with Crippen LogP contribution in [0.25, 0.3) is 0 Å². The third-order valence-corrected chi connectivity index (χ3v) is 6.72. The van der Waals surface area contributed by atoms with E-state index in [9.17, 15) is 29.4 Å². The van der Waals surface area contributed by atoms with Gasteiger partial charge < -0.3 is 26.2 Å². The van der Waals surface area contributed by atoms with Gasteiger partial charge in [0.25, 0.3) is 5.91 Å². The number of halogens is 1. The van der Waals surface area contributed by atoms with E-state index in [0.29, 0.717) is 10.2 Å². The summed E-state index contributed by atoms with van der Waals surface area (Å²) < 4.78 is 0.579. The van der Waals surface area contributed by atoms with Crippen molar-refractivity contribution in [3.63, 3.8) is 0 Å². The minimum Gasteiger partial charge on any atom is -0.507 e. The van der Waals surface area contributed by atoms with Crippen LogP contribution in [0.2, 0.25) is 0 Å². The van der Waals surface area contributed by atoms with Crippen molar-refractivity contribution in [1.29, 1.82) is 0 Å². The fraction of sp³-hybridized carbons (Fsp3) is 0.385. The average molecular weight is 595 g/mol. The number of phenolic OH excluding ortho intramolecular Hbond substituents is 1. The number of carbonyl (C=O) groups excluding carboxylic acids is 3. The van der Waals surface area contributed by atoms with E-state index in [1.807, 2.05) is 12.3 Å². The Morgan fingerprint density at radius 3 is 2.19 bits per heavy atom. The van der Waals surface area contributed by atoms with E-state index in [-0.39, 0.29) is 30.1 Å². The Kier molecular flexibility index (Phi) is 11.9. The van der Waals surface area contributed by atoms with Crippen LogP contribution in [0.5, 0.6) is 5.75 Å². The van der Waals surface area contributed by atoms with Crippen LogP contribution in [0.4, 0.5) is 0 Å². The van der Waals surface area contributed by atoms with Crippen molar-refractivity contribution >= 4 is 51.4 Å². The Morgan fingerprint density at radius 2 is 1.59 bits per heavy atom. The Labute approximate surface area is 228 Å². The molecule has 0 spiro atoms. The number of hydrogen-bond acceptors (Lipinski definition) is 6. The number of hydrogen-bond donors (Lipinski definition) is 5. The van der Waals surface area contributed by atoms with E-state index in [0.717, 1.165) is 5.56 Å². The maximum absolute atomic E-state index is 13.3. The van der Waals surface area contributed by atoms with Crippen LogP contribution in [0, 0.1) is 5.92 Å². The third kappa shape index (κ3) is 9.40. The standard InChI is InChI=1S/C26H32BrN3O6S/c1-15(2)22(30-23(32)18-14-17(27)9-10-21(18)31)25(34)29-20(13-16-7-5-4-6-8-16)24(33)28-19(26(35)36)11-12-37-3/h4-10,14-15,19-20,22,31H,11-13H2,1-3H3,(H,28,33)(H,29,34)(H,30,32)(H,35,36)/t19-,20-,22-/m0/s1. The largest absolute Gasteiger partial charge is 0.507 e. The number of carboxylic acid groups (broad SMARTS) is 1. The van der Waals surface area contributed by atoms with Gasteiger partial charge in [-0.2, -0.15) is 11.8 Å². The van der Waals surface area contributed by atoms with Gasteiger partial charge in [-0.05, 0) is 48.1 Å². The van der Waals surface area contributed by atoms with E-state index in [1.54, 1.807) is 44.2 Å². The van der Waals surface area contributed by atoms with Gasteiger partial charge in [0.2, 0.25) is 11.8 Å². The van der Waals surface area contributed by atoms with Gasteiger partial charge in [0.05, 0.1) is 5.56 Å². The number of carbonyl (C=O) groups is 4. The molecule has 0 aliphatic rings. The van der Waals surface area contributed by atoms with E-state index in [4.69, 9.17) is 0 Å². The molecule has 2 aromatic rings. The lowest BCUT2D eigenvalue weighted by molar-refractivity contribution is -0.142. The number of rotatable bonds is 13. The van der Waals surface area contributed by atoms with E-state index in [1.165, 1.54) is 23.9 Å². The van der Waals surface area contributed by atoms with Crippen LogP contribution in [0.1, 0.15) is 36.2 Å². The van der Waals surface area contributed by atoms with Crippen LogP contribution in [0.15, 0.2) is 53.0 Å². The summed E-state index contributed by atoms with van der Waals surface area (Å²) >= 11 is 4.72. The molecule has 11 heteroatoms. The van der Waals surface area contributed by atoms with Gasteiger partial charge in [-0.1, -0.05) is 60.1 Å². The minimum absolute atomic E-state index is 0.00972. The summed E-state index contributed by atoms with van der Waals surface area (Å²) in [6.07, 6.45) is 2.20. The molecular weight excluding hydrogens is 562 g/mol. The molecule has 0 bridgehead atoms. The number of aliphatic carboxylic acids is 1. The van der Waals surface area contributed by atoms with Gasteiger partial charge in [-0.15, -0.1) is 0 Å². The fourth-order valence-electron chi connectivity index (χ4n) is 3.53. The normalized spacial score (nSPS) is 13.3. The number of aromatic hydroxyl groups is 1. The second-order valence-corrected chi connectivity index (χ2v) is 10.7. The molecule has 3 atom stereocenters. The van der Waals surface area contributed by atoms with Gasteiger partial charge in [0.15, 0.2) is 0 Å². The summed E-state index contributed by atoms with van der Waals surface area (Å²) in [4.78, 5) is 51.0. The lowest BCUT2D eigenvalue weighted by Crippen LogP contribution is -2.57. The van der Waals surface area contributed by atoms with Crippen LogP contribution in [0.3, 0.4) is 0 Å². The molecule has 2 rings (SSSR count). The highest BCUT2D eigenvalue weighted by Crippen LogP contribution is 2.22. The number of carboxylic acids is 1. The predicted molar refractivity (Wildman–Crippen MR) is 147 cm³/mol. The zero-order chi connectivity index (χ0) is 27.5. The Hall–Kier alpha value is -3.05. The van der Waals surface area contributed by atoms with Crippen LogP contribution < -0.4 is 16.0 Å². The third-order valence-electron chi connectivity index (χ3n) is 5.58. The van der Waals surface area contributed by atoms with Crippen LogP contribution in [-0.4, -0.2) is 64.0 Å². The molecule has 3 amide bonds. The first-order chi connectivity index (χ1) is 17.5. The van der Waals surface area contributed by atoms with E-state index in [2.05, 4.69) is 31.9 Å². The topological polar surface area (TPSA) is 145 Å². The monoisotopic (exact) mass is 593 g/mol. The number of nitrogens with one attached hydrogen (secondary N) is 3. The van der Waals surface area contributed by atoms with Crippen molar-refractivity contribution in [1.82, 2.24) is 16.0 Å². The van der Waals surface area contributed by atoms with Crippen LogP contribution in [-0.2, 0) is 20.8 Å². The highest BCUT2D eigenvalue weighted by molar-refractivity contribution is 9.10. The number of thioether (sulfide) groups is 1. The number of phenols is 1. The summed E-state index contributed by atoms with van der Waals surface area (Å²) in [5, 5.41) is 27.5. The highest BCUT2D eigenvalue weighted by Gasteiger charge is 2.31. The molecule has 37 heavy (non-hydrogen) atoms. The molecule has 200 valence electrons. The zero-order valence-corrected chi connectivity index (χ0v) is 23.3. The first-order valence-corrected chi connectivity index (χ1v) is 13.9. The predicted octanol–water partition coefficient (Wildman–Crippen LogP) is 2.96. The van der Waals surface area contributed by atoms with Gasteiger partial charge >= 0.3 is 5.97 Å². The van der Waals surface area contributed by atoms with Crippen molar-refractivity contribution in [2.45, 2.75) is 44.8 Å². The Bertz CT molecular complexity index is 1100. The first kappa shape index (κ1) is 30.2. The quantitative estimate of drug-likeness (QED) is 0.240. The smallest absolute Gasteiger partial charge is 0.326 e. The molecule has 0 heterocycles. The second kappa shape index (κ2) is 14.6. The summed E-state index contributed by atoms with van der Waals surface area (Å²) in [6, 6.07) is 10.2. The molecular formula is C26H32BrN3O6S. The fourth-order valence-corrected chi connectivity index (χ4v) is 4.36. The lowest BCUT2D eigenvalue weighted by Gasteiger charge is -2.26. The molecule has 9 nitrogen and oxygen atoms in total. The minimum atomic E-state index is -1.16. The van der Waals surface area contributed by atoms with Gasteiger partial charge in [-0.25, -0.2) is 4.79 Å². The molecule has 0 unspecified atom stereocenters. The molecule has 5 N–H and O–H groups in total. The summed E-state index contributed by atoms with van der Waals surface area (Å²) in [7, 11) is 0.